The van der Waals surface area contributed by atoms with Gasteiger partial charge in [-0.1, -0.05) is 46.8 Å². The Morgan fingerprint density at radius 2 is 1.65 bits per heavy atom. The minimum atomic E-state index is -0.797. The number of amides is 4. The summed E-state index contributed by atoms with van der Waals surface area (Å²) >= 11 is 0. The molecule has 1 aromatic rings. The second kappa shape index (κ2) is 14.9. The number of primary amides is 1. The first-order chi connectivity index (χ1) is 16.0. The predicted octanol–water partition coefficient (Wildman–Crippen LogP) is 1.89. The van der Waals surface area contributed by atoms with Crippen LogP contribution >= 0.6 is 0 Å². The molecule has 0 bridgehead atoms. The highest BCUT2D eigenvalue weighted by molar-refractivity contribution is 5.97. The van der Waals surface area contributed by atoms with Crippen LogP contribution in [0.1, 0.15) is 53.0 Å². The summed E-state index contributed by atoms with van der Waals surface area (Å²) in [5.41, 5.74) is 6.43. The topological polar surface area (TPSA) is 152 Å². The van der Waals surface area contributed by atoms with Gasteiger partial charge < -0.3 is 31.7 Å². The quantitative estimate of drug-likeness (QED) is 0.204. The average Bonchev–Trinajstić information content (AvgIpc) is 2.77. The third kappa shape index (κ3) is 10.7. The molecule has 0 aliphatic carbocycles. The molecule has 0 spiro atoms. The van der Waals surface area contributed by atoms with Crippen LogP contribution in [0.5, 0.6) is 0 Å². The first-order valence-electron chi connectivity index (χ1n) is 11.7. The highest BCUT2D eigenvalue weighted by Gasteiger charge is 2.27. The van der Waals surface area contributed by atoms with Crippen molar-refractivity contribution < 1.29 is 23.9 Å². The van der Waals surface area contributed by atoms with E-state index in [1.807, 2.05) is 20.8 Å². The summed E-state index contributed by atoms with van der Waals surface area (Å²) in [4.78, 5) is 48.3. The van der Waals surface area contributed by atoms with E-state index in [0.717, 1.165) is 5.56 Å². The monoisotopic (exact) mass is 477 g/mol. The first-order valence-corrected chi connectivity index (χ1v) is 11.7. The van der Waals surface area contributed by atoms with E-state index < -0.39 is 18.1 Å². The first kappa shape index (κ1) is 28.9. The molecule has 4 amide bonds. The number of urea groups is 1. The van der Waals surface area contributed by atoms with Crippen LogP contribution in [0.3, 0.4) is 0 Å². The number of carbonyl (C=O) groups is 4. The zero-order chi connectivity index (χ0) is 25.7. The van der Waals surface area contributed by atoms with Crippen molar-refractivity contribution in [3.63, 3.8) is 0 Å². The van der Waals surface area contributed by atoms with Crippen molar-refractivity contribution in [1.29, 1.82) is 0 Å². The lowest BCUT2D eigenvalue weighted by Gasteiger charge is -2.25. The molecule has 2 atom stereocenters. The maximum atomic E-state index is 13.0. The number of anilines is 1. The lowest BCUT2D eigenvalue weighted by molar-refractivity contribution is -0.148. The van der Waals surface area contributed by atoms with Crippen molar-refractivity contribution in [1.82, 2.24) is 16.0 Å². The summed E-state index contributed by atoms with van der Waals surface area (Å²) in [5.74, 6) is -1.07. The van der Waals surface area contributed by atoms with Crippen molar-refractivity contribution in [3.8, 4) is 0 Å². The zero-order valence-electron chi connectivity index (χ0n) is 20.8. The standard InChI is InChI=1S/C24H39N5O5/c1-6-26-20(15(2)3)22(31)29-19(8-7-13-27-24(25)33)21(30)28-18-11-9-17(10-12-18)14-34-23(32)16(4)5/h9-12,15-16,19-20,26H,6-8,13-14H2,1-5H3,(H,28,30)(H,29,31)(H3,25,27,33)/t19-,20-/m0/s1. The van der Waals surface area contributed by atoms with E-state index in [2.05, 4.69) is 21.3 Å². The van der Waals surface area contributed by atoms with Crippen molar-refractivity contribution in [2.45, 2.75) is 66.2 Å². The fraction of sp³-hybridized carbons (Fsp3) is 0.583. The second-order valence-corrected chi connectivity index (χ2v) is 8.72. The van der Waals surface area contributed by atoms with Gasteiger partial charge in [0.2, 0.25) is 11.8 Å². The van der Waals surface area contributed by atoms with E-state index >= 15 is 0 Å². The minimum Gasteiger partial charge on any atom is -0.461 e. The number of likely N-dealkylation sites (N-methyl/N-ethyl adjacent to an activating group) is 1. The van der Waals surface area contributed by atoms with Crippen LogP contribution in [0.2, 0.25) is 0 Å². The molecule has 0 saturated heterocycles. The Morgan fingerprint density at radius 1 is 1.00 bits per heavy atom. The number of nitrogens with two attached hydrogens (primary N) is 1. The van der Waals surface area contributed by atoms with Gasteiger partial charge >= 0.3 is 12.0 Å². The molecule has 0 fully saturated rings. The van der Waals surface area contributed by atoms with E-state index in [1.54, 1.807) is 38.1 Å². The number of rotatable bonds is 14. The highest BCUT2D eigenvalue weighted by Crippen LogP contribution is 2.13. The lowest BCUT2D eigenvalue weighted by Crippen LogP contribution is -2.53. The van der Waals surface area contributed by atoms with Gasteiger partial charge in [0.15, 0.2) is 0 Å². The number of benzene rings is 1. The van der Waals surface area contributed by atoms with Gasteiger partial charge in [-0.2, -0.15) is 0 Å². The van der Waals surface area contributed by atoms with Crippen LogP contribution in [0.15, 0.2) is 24.3 Å². The Morgan fingerprint density at radius 3 is 2.18 bits per heavy atom. The van der Waals surface area contributed by atoms with Gasteiger partial charge in [-0.15, -0.1) is 0 Å². The molecule has 1 aromatic carbocycles. The van der Waals surface area contributed by atoms with E-state index in [0.29, 0.717) is 31.6 Å². The van der Waals surface area contributed by atoms with Crippen LogP contribution in [-0.2, 0) is 25.7 Å². The maximum absolute atomic E-state index is 13.0. The van der Waals surface area contributed by atoms with Crippen molar-refractivity contribution in [3.05, 3.63) is 29.8 Å². The van der Waals surface area contributed by atoms with Crippen molar-refractivity contribution in [2.24, 2.45) is 17.6 Å². The molecule has 6 N–H and O–H groups in total. The van der Waals surface area contributed by atoms with Gasteiger partial charge in [-0.05, 0) is 43.0 Å². The Hall–Kier alpha value is -3.14. The molecule has 0 aliphatic rings. The number of nitrogens with one attached hydrogen (secondary N) is 4. The molecule has 0 saturated carbocycles. The molecule has 10 nitrogen and oxygen atoms in total. The zero-order valence-corrected chi connectivity index (χ0v) is 20.8. The fourth-order valence-corrected chi connectivity index (χ4v) is 3.13. The van der Waals surface area contributed by atoms with Gasteiger partial charge in [0.1, 0.15) is 12.6 Å². The number of esters is 1. The van der Waals surface area contributed by atoms with Crippen LogP contribution in [0.25, 0.3) is 0 Å². The Labute approximate surface area is 201 Å². The summed E-state index contributed by atoms with van der Waals surface area (Å²) in [7, 11) is 0. The largest absolute Gasteiger partial charge is 0.461 e. The Bertz CT molecular complexity index is 810. The Balaban J connectivity index is 2.82. The molecule has 0 aliphatic heterocycles. The summed E-state index contributed by atoms with van der Waals surface area (Å²) in [6.45, 7) is 10.4. The van der Waals surface area contributed by atoms with Crippen LogP contribution in [0.4, 0.5) is 10.5 Å². The van der Waals surface area contributed by atoms with Gasteiger partial charge in [-0.3, -0.25) is 14.4 Å². The average molecular weight is 478 g/mol. The minimum absolute atomic E-state index is 0.0394. The number of ether oxygens (including phenoxy) is 1. The molecule has 0 heterocycles. The highest BCUT2D eigenvalue weighted by atomic mass is 16.5. The van der Waals surface area contributed by atoms with Crippen molar-refractivity contribution >= 4 is 29.5 Å². The third-order valence-electron chi connectivity index (χ3n) is 5.05. The molecule has 34 heavy (non-hydrogen) atoms. The third-order valence-corrected chi connectivity index (χ3v) is 5.05. The SMILES string of the molecule is CCN[C@H](C(=O)N[C@@H](CCCNC(N)=O)C(=O)Nc1ccc(COC(=O)C(C)C)cc1)C(C)C. The molecular weight excluding hydrogens is 438 g/mol. The molecular formula is C24H39N5O5. The van der Waals surface area contributed by atoms with E-state index in [-0.39, 0.29) is 36.2 Å². The van der Waals surface area contributed by atoms with Gasteiger partial charge in [0.05, 0.1) is 12.0 Å². The predicted molar refractivity (Wildman–Crippen MR) is 131 cm³/mol. The molecule has 10 heteroatoms. The molecule has 0 unspecified atom stereocenters. The Kier molecular flexibility index (Phi) is 12.7. The number of hydrogen-bond donors (Lipinski definition) is 5. The molecule has 0 aromatic heterocycles. The summed E-state index contributed by atoms with van der Waals surface area (Å²) < 4.78 is 5.21. The van der Waals surface area contributed by atoms with Crippen molar-refractivity contribution in [2.75, 3.05) is 18.4 Å². The van der Waals surface area contributed by atoms with E-state index in [1.165, 1.54) is 0 Å². The summed E-state index contributed by atoms with van der Waals surface area (Å²) in [6, 6.07) is 5.06. The molecule has 1 rings (SSSR count). The van der Waals surface area contributed by atoms with Crippen LogP contribution < -0.4 is 27.0 Å². The normalized spacial score (nSPS) is 12.7. The summed E-state index contributed by atoms with van der Waals surface area (Å²) in [5, 5.41) is 11.3. The van der Waals surface area contributed by atoms with Gasteiger partial charge in [0.25, 0.3) is 0 Å². The number of hydrogen-bond acceptors (Lipinski definition) is 6. The van der Waals surface area contributed by atoms with E-state index in [4.69, 9.17) is 10.5 Å². The second-order valence-electron chi connectivity index (χ2n) is 8.72. The van der Waals surface area contributed by atoms with Crippen LogP contribution in [0, 0.1) is 11.8 Å². The van der Waals surface area contributed by atoms with Gasteiger partial charge in [-0.25, -0.2) is 4.79 Å². The smallest absolute Gasteiger partial charge is 0.312 e. The van der Waals surface area contributed by atoms with Gasteiger partial charge in [0, 0.05) is 12.2 Å². The summed E-state index contributed by atoms with van der Waals surface area (Å²) in [6.07, 6.45) is 0.771. The fourth-order valence-electron chi connectivity index (χ4n) is 3.13. The van der Waals surface area contributed by atoms with E-state index in [9.17, 15) is 19.2 Å². The number of carbonyl (C=O) groups excluding carboxylic acids is 4. The molecule has 190 valence electrons. The lowest BCUT2D eigenvalue weighted by atomic mass is 10.0. The molecule has 0 radical (unpaired) electrons. The van der Waals surface area contributed by atoms with Crippen LogP contribution in [-0.4, -0.2) is 49.0 Å². The maximum Gasteiger partial charge on any atom is 0.312 e.